The van der Waals surface area contributed by atoms with E-state index in [0.29, 0.717) is 125 Å². The van der Waals surface area contributed by atoms with Crippen LogP contribution in [0.1, 0.15) is 39.5 Å². The molecule has 1 heterocycles. The summed E-state index contributed by atoms with van der Waals surface area (Å²) in [6.45, 7) is 15.8. The lowest BCUT2D eigenvalue weighted by atomic mass is 10.1. The molecule has 1 rings (SSSR count). The van der Waals surface area contributed by atoms with E-state index in [4.69, 9.17) is 52.1 Å². The minimum atomic E-state index is -0.0599. The van der Waals surface area contributed by atoms with Gasteiger partial charge in [-0.25, -0.2) is 0 Å². The van der Waals surface area contributed by atoms with Gasteiger partial charge in [-0.15, -0.1) is 0 Å². The second-order valence-corrected chi connectivity index (χ2v) is 9.15. The van der Waals surface area contributed by atoms with Gasteiger partial charge in [-0.3, -0.25) is 0 Å². The van der Waals surface area contributed by atoms with Gasteiger partial charge in [0.2, 0.25) is 0 Å². The quantitative estimate of drug-likeness (QED) is 0.115. The normalized spacial score (nSPS) is 16.6. The summed E-state index contributed by atoms with van der Waals surface area (Å²) in [7, 11) is 0. The maximum Gasteiger partial charge on any atom is 0.157 e. The maximum absolute atomic E-state index is 5.60. The zero-order valence-corrected chi connectivity index (χ0v) is 24.6. The Morgan fingerprint density at radius 1 is 0.513 bits per heavy atom. The molecule has 11 heteroatoms. The molecule has 0 aromatic carbocycles. The van der Waals surface area contributed by atoms with Gasteiger partial charge in [0, 0.05) is 13.2 Å². The molecule has 0 spiro atoms. The third-order valence-electron chi connectivity index (χ3n) is 5.74. The highest BCUT2D eigenvalue weighted by Crippen LogP contribution is 2.13. The molecule has 2 atom stereocenters. The molecule has 0 amide bonds. The summed E-state index contributed by atoms with van der Waals surface area (Å²) in [6, 6.07) is 0. The highest BCUT2D eigenvalue weighted by molar-refractivity contribution is 4.53. The number of rotatable bonds is 31. The maximum atomic E-state index is 5.60. The van der Waals surface area contributed by atoms with Crippen molar-refractivity contribution in [3.8, 4) is 0 Å². The molecule has 39 heavy (non-hydrogen) atoms. The van der Waals surface area contributed by atoms with Crippen molar-refractivity contribution in [3.05, 3.63) is 0 Å². The van der Waals surface area contributed by atoms with E-state index >= 15 is 0 Å². The Balaban J connectivity index is 1.61. The van der Waals surface area contributed by atoms with Gasteiger partial charge in [0.1, 0.15) is 0 Å². The Hall–Kier alpha value is -0.440. The number of hydrogen-bond donors (Lipinski definition) is 0. The van der Waals surface area contributed by atoms with Crippen LogP contribution in [0.5, 0.6) is 0 Å². The van der Waals surface area contributed by atoms with Crippen LogP contribution in [0, 0.1) is 5.92 Å². The summed E-state index contributed by atoms with van der Waals surface area (Å²) < 4.78 is 60.4. The van der Waals surface area contributed by atoms with E-state index in [9.17, 15) is 0 Å². The van der Waals surface area contributed by atoms with Crippen LogP contribution < -0.4 is 0 Å². The fraction of sp³-hybridized carbons (Fsp3) is 1.00. The molecule has 0 bridgehead atoms. The molecule has 1 aliphatic heterocycles. The molecule has 2 unspecified atom stereocenters. The number of hydrogen-bond acceptors (Lipinski definition) is 11. The van der Waals surface area contributed by atoms with E-state index in [2.05, 4.69) is 13.8 Å². The van der Waals surface area contributed by atoms with Gasteiger partial charge < -0.3 is 52.1 Å². The molecule has 0 radical (unpaired) electrons. The van der Waals surface area contributed by atoms with Gasteiger partial charge in [0.25, 0.3) is 0 Å². The van der Waals surface area contributed by atoms with E-state index in [0.717, 1.165) is 32.5 Å². The predicted molar refractivity (Wildman–Crippen MR) is 146 cm³/mol. The second-order valence-electron chi connectivity index (χ2n) is 9.15. The first kappa shape index (κ1) is 36.6. The first-order chi connectivity index (χ1) is 19.3. The van der Waals surface area contributed by atoms with Gasteiger partial charge in [-0.1, -0.05) is 20.3 Å². The van der Waals surface area contributed by atoms with Crippen molar-refractivity contribution in [2.45, 2.75) is 45.8 Å². The minimum Gasteiger partial charge on any atom is -0.379 e. The Bertz CT molecular complexity index is 467. The summed E-state index contributed by atoms with van der Waals surface area (Å²) in [5, 5.41) is 0. The largest absolute Gasteiger partial charge is 0.379 e. The third kappa shape index (κ3) is 27.5. The Kier molecular flexibility index (Phi) is 28.6. The van der Waals surface area contributed by atoms with E-state index in [1.807, 2.05) is 0 Å². The fourth-order valence-electron chi connectivity index (χ4n) is 3.24. The lowest BCUT2D eigenvalue weighted by Gasteiger charge is -2.22. The average Bonchev–Trinajstić information content (AvgIpc) is 2.96. The van der Waals surface area contributed by atoms with Crippen molar-refractivity contribution in [2.75, 3.05) is 132 Å². The second kappa shape index (κ2) is 30.5. The van der Waals surface area contributed by atoms with E-state index in [1.165, 1.54) is 6.42 Å². The van der Waals surface area contributed by atoms with Crippen molar-refractivity contribution in [1.82, 2.24) is 0 Å². The molecule has 234 valence electrons. The van der Waals surface area contributed by atoms with Gasteiger partial charge in [-0.05, 0) is 25.2 Å². The van der Waals surface area contributed by atoms with Crippen LogP contribution in [-0.2, 0) is 52.1 Å². The molecule has 1 saturated heterocycles. The molecule has 0 aliphatic carbocycles. The van der Waals surface area contributed by atoms with Crippen LogP contribution >= 0.6 is 0 Å². The fourth-order valence-corrected chi connectivity index (χ4v) is 3.24. The molecular weight excluding hydrogens is 512 g/mol. The highest BCUT2D eigenvalue weighted by atomic mass is 16.7. The van der Waals surface area contributed by atoms with Crippen molar-refractivity contribution in [3.63, 3.8) is 0 Å². The van der Waals surface area contributed by atoms with Crippen LogP contribution in [0.3, 0.4) is 0 Å². The molecule has 0 N–H and O–H groups in total. The number of ether oxygens (including phenoxy) is 11. The Morgan fingerprint density at radius 3 is 1.21 bits per heavy atom. The summed E-state index contributed by atoms with van der Waals surface area (Å²) in [5.41, 5.74) is 0. The lowest BCUT2D eigenvalue weighted by Crippen LogP contribution is -2.24. The molecule has 1 aliphatic rings. The van der Waals surface area contributed by atoms with E-state index in [1.54, 1.807) is 0 Å². The van der Waals surface area contributed by atoms with Crippen LogP contribution in [0.4, 0.5) is 0 Å². The van der Waals surface area contributed by atoms with Crippen molar-refractivity contribution in [1.29, 1.82) is 0 Å². The summed E-state index contributed by atoms with van der Waals surface area (Å²) in [6.07, 6.45) is 4.35. The van der Waals surface area contributed by atoms with Crippen LogP contribution in [0.25, 0.3) is 0 Å². The summed E-state index contributed by atoms with van der Waals surface area (Å²) in [5.74, 6) is 0.602. The third-order valence-corrected chi connectivity index (χ3v) is 5.74. The highest BCUT2D eigenvalue weighted by Gasteiger charge is 2.13. The van der Waals surface area contributed by atoms with E-state index in [-0.39, 0.29) is 6.29 Å². The van der Waals surface area contributed by atoms with Gasteiger partial charge >= 0.3 is 0 Å². The van der Waals surface area contributed by atoms with Crippen LogP contribution in [0.15, 0.2) is 0 Å². The van der Waals surface area contributed by atoms with Gasteiger partial charge in [-0.2, -0.15) is 0 Å². The molecule has 0 aromatic rings. The minimum absolute atomic E-state index is 0.0599. The van der Waals surface area contributed by atoms with Crippen LogP contribution in [-0.4, -0.2) is 138 Å². The van der Waals surface area contributed by atoms with Crippen molar-refractivity contribution < 1.29 is 52.1 Å². The summed E-state index contributed by atoms with van der Waals surface area (Å²) in [4.78, 5) is 0. The first-order valence-corrected chi connectivity index (χ1v) is 14.8. The molecule has 1 fully saturated rings. The van der Waals surface area contributed by atoms with Crippen LogP contribution in [0.2, 0.25) is 0 Å². The monoisotopic (exact) mass is 568 g/mol. The van der Waals surface area contributed by atoms with Gasteiger partial charge in [0.15, 0.2) is 6.29 Å². The zero-order chi connectivity index (χ0) is 27.9. The smallest absolute Gasteiger partial charge is 0.157 e. The first-order valence-electron chi connectivity index (χ1n) is 14.8. The molecule has 0 saturated carbocycles. The van der Waals surface area contributed by atoms with Gasteiger partial charge in [0.05, 0.1) is 119 Å². The molecular formula is C28H56O11. The SMILES string of the molecule is CCC(C)COCCOCCOCCOCCOCCOCCOCCOCCOCCOC1CCCCO1. The van der Waals surface area contributed by atoms with Crippen molar-refractivity contribution in [2.24, 2.45) is 5.92 Å². The predicted octanol–water partition coefficient (Wildman–Crippen LogP) is 2.73. The Morgan fingerprint density at radius 2 is 0.872 bits per heavy atom. The molecule has 0 aromatic heterocycles. The molecule has 11 nitrogen and oxygen atoms in total. The zero-order valence-electron chi connectivity index (χ0n) is 24.6. The topological polar surface area (TPSA) is 102 Å². The lowest BCUT2D eigenvalue weighted by molar-refractivity contribution is -0.169. The summed E-state index contributed by atoms with van der Waals surface area (Å²) >= 11 is 0. The standard InChI is InChI=1S/C28H56O11/c1-3-27(2)26-37-23-22-35-19-18-33-15-14-31-11-10-29-8-9-30-12-13-32-16-17-34-20-21-36-24-25-39-28-6-4-5-7-38-28/h27-28H,3-26H2,1-2H3. The average molecular weight is 569 g/mol. The Labute approximate surface area is 236 Å². The van der Waals surface area contributed by atoms with E-state index < -0.39 is 0 Å². The van der Waals surface area contributed by atoms with Crippen molar-refractivity contribution >= 4 is 0 Å².